The Hall–Kier alpha value is -1.13. The summed E-state index contributed by atoms with van der Waals surface area (Å²) in [5.41, 5.74) is 7.52. The van der Waals surface area contributed by atoms with Crippen LogP contribution in [0.25, 0.3) is 0 Å². The van der Waals surface area contributed by atoms with Crippen molar-refractivity contribution < 1.29 is 4.79 Å². The second-order valence-electron chi connectivity index (χ2n) is 4.88. The van der Waals surface area contributed by atoms with E-state index in [4.69, 9.17) is 17.3 Å². The van der Waals surface area contributed by atoms with Crippen molar-refractivity contribution in [2.45, 2.75) is 38.6 Å². The molecule has 5 heteroatoms. The zero-order valence-corrected chi connectivity index (χ0v) is 11.2. The van der Waals surface area contributed by atoms with E-state index >= 15 is 0 Å². The molecule has 1 aliphatic carbocycles. The third-order valence-electron chi connectivity index (χ3n) is 3.44. The van der Waals surface area contributed by atoms with Gasteiger partial charge >= 0.3 is 0 Å². The summed E-state index contributed by atoms with van der Waals surface area (Å²) < 4.78 is 0. The van der Waals surface area contributed by atoms with E-state index in [-0.39, 0.29) is 17.9 Å². The first-order valence-corrected chi connectivity index (χ1v) is 6.64. The summed E-state index contributed by atoms with van der Waals surface area (Å²) in [5.74, 6) is -0.0968. The highest BCUT2D eigenvalue weighted by Crippen LogP contribution is 2.24. The van der Waals surface area contributed by atoms with Gasteiger partial charge < -0.3 is 11.1 Å². The highest BCUT2D eigenvalue weighted by Gasteiger charge is 2.28. The van der Waals surface area contributed by atoms with Gasteiger partial charge in [0.05, 0.1) is 17.8 Å². The van der Waals surface area contributed by atoms with Crippen LogP contribution in [-0.2, 0) is 4.79 Å². The van der Waals surface area contributed by atoms with E-state index < -0.39 is 0 Å². The van der Waals surface area contributed by atoms with Crippen molar-refractivity contribution in [2.24, 2.45) is 11.7 Å². The molecule has 0 bridgehead atoms. The van der Waals surface area contributed by atoms with Gasteiger partial charge in [0, 0.05) is 6.04 Å². The third-order valence-corrected chi connectivity index (χ3v) is 3.83. The molecule has 0 radical (unpaired) electrons. The minimum absolute atomic E-state index is 0.00859. The average Bonchev–Trinajstić information content (AvgIpc) is 2.34. The number of pyridine rings is 1. The first kappa shape index (κ1) is 13.3. The van der Waals surface area contributed by atoms with Crippen LogP contribution in [0.1, 0.15) is 31.2 Å². The number of rotatable bonds is 2. The molecule has 1 aliphatic rings. The number of anilines is 1. The quantitative estimate of drug-likeness (QED) is 0.809. The highest BCUT2D eigenvalue weighted by molar-refractivity contribution is 6.30. The number of aryl methyl sites for hydroxylation is 1. The molecule has 0 spiro atoms. The standard InChI is InChI=1S/C13H18ClN3O/c1-8-6-9(7-16-12(8)14)17-13(18)10-4-2-3-5-11(10)15/h6-7,10-11H,2-5,15H2,1H3,(H,17,18). The SMILES string of the molecule is Cc1cc(NC(=O)C2CCCCC2N)cnc1Cl. The smallest absolute Gasteiger partial charge is 0.229 e. The second kappa shape index (κ2) is 5.67. The fourth-order valence-electron chi connectivity index (χ4n) is 2.35. The Labute approximate surface area is 112 Å². The van der Waals surface area contributed by atoms with Crippen molar-refractivity contribution in [1.29, 1.82) is 0 Å². The Morgan fingerprint density at radius 1 is 1.50 bits per heavy atom. The molecular formula is C13H18ClN3O. The normalized spacial score (nSPS) is 23.7. The summed E-state index contributed by atoms with van der Waals surface area (Å²) in [6.45, 7) is 1.86. The number of nitrogens with two attached hydrogens (primary N) is 1. The van der Waals surface area contributed by atoms with E-state index in [1.165, 1.54) is 0 Å². The van der Waals surface area contributed by atoms with E-state index in [1.807, 2.05) is 13.0 Å². The van der Waals surface area contributed by atoms with E-state index in [0.717, 1.165) is 31.2 Å². The Bertz CT molecular complexity index is 450. The molecule has 1 aromatic heterocycles. The maximum atomic E-state index is 12.1. The third kappa shape index (κ3) is 3.00. The van der Waals surface area contributed by atoms with Crippen LogP contribution >= 0.6 is 11.6 Å². The molecule has 0 aliphatic heterocycles. The number of amides is 1. The molecule has 1 amide bonds. The number of nitrogens with one attached hydrogen (secondary N) is 1. The van der Waals surface area contributed by atoms with Gasteiger partial charge in [0.1, 0.15) is 5.15 Å². The Balaban J connectivity index is 2.04. The predicted molar refractivity (Wildman–Crippen MR) is 72.5 cm³/mol. The molecule has 18 heavy (non-hydrogen) atoms. The van der Waals surface area contributed by atoms with E-state index in [9.17, 15) is 4.79 Å². The van der Waals surface area contributed by atoms with Crippen molar-refractivity contribution >= 4 is 23.2 Å². The maximum absolute atomic E-state index is 12.1. The molecule has 98 valence electrons. The number of carbonyl (C=O) groups is 1. The first-order chi connectivity index (χ1) is 8.58. The molecule has 3 N–H and O–H groups in total. The number of nitrogens with zero attached hydrogens (tertiary/aromatic N) is 1. The molecule has 1 aromatic rings. The van der Waals surface area contributed by atoms with Gasteiger partial charge in [-0.2, -0.15) is 0 Å². The topological polar surface area (TPSA) is 68.0 Å². The number of aromatic nitrogens is 1. The lowest BCUT2D eigenvalue weighted by atomic mass is 9.84. The molecule has 0 saturated heterocycles. The zero-order chi connectivity index (χ0) is 13.1. The van der Waals surface area contributed by atoms with Crippen LogP contribution in [0.15, 0.2) is 12.3 Å². The first-order valence-electron chi connectivity index (χ1n) is 6.26. The largest absolute Gasteiger partial charge is 0.327 e. The van der Waals surface area contributed by atoms with Gasteiger partial charge in [-0.05, 0) is 31.4 Å². The van der Waals surface area contributed by atoms with E-state index in [0.29, 0.717) is 10.8 Å². The van der Waals surface area contributed by atoms with Crippen molar-refractivity contribution in [3.63, 3.8) is 0 Å². The van der Waals surface area contributed by atoms with Gasteiger partial charge in [0.25, 0.3) is 0 Å². The molecule has 0 aromatic carbocycles. The molecule has 4 nitrogen and oxygen atoms in total. The maximum Gasteiger partial charge on any atom is 0.229 e. The van der Waals surface area contributed by atoms with Crippen LogP contribution in [-0.4, -0.2) is 16.9 Å². The monoisotopic (exact) mass is 267 g/mol. The van der Waals surface area contributed by atoms with Gasteiger partial charge in [0.2, 0.25) is 5.91 Å². The highest BCUT2D eigenvalue weighted by atomic mass is 35.5. The van der Waals surface area contributed by atoms with Crippen molar-refractivity contribution in [3.05, 3.63) is 23.0 Å². The lowest BCUT2D eigenvalue weighted by molar-refractivity contribution is -0.121. The molecule has 2 rings (SSSR count). The summed E-state index contributed by atoms with van der Waals surface area (Å²) in [4.78, 5) is 16.1. The number of halogens is 1. The lowest BCUT2D eigenvalue weighted by Gasteiger charge is -2.27. The van der Waals surface area contributed by atoms with Crippen molar-refractivity contribution in [2.75, 3.05) is 5.32 Å². The fourth-order valence-corrected chi connectivity index (χ4v) is 2.45. The number of carbonyl (C=O) groups excluding carboxylic acids is 1. The second-order valence-corrected chi connectivity index (χ2v) is 5.23. The van der Waals surface area contributed by atoms with Gasteiger partial charge in [-0.1, -0.05) is 24.4 Å². The Kier molecular flexibility index (Phi) is 4.19. The predicted octanol–water partition coefficient (Wildman–Crippen LogP) is 2.50. The number of hydrogen-bond donors (Lipinski definition) is 2. The van der Waals surface area contributed by atoms with Crippen LogP contribution in [0.5, 0.6) is 0 Å². The molecule has 1 heterocycles. The van der Waals surface area contributed by atoms with Crippen molar-refractivity contribution in [3.8, 4) is 0 Å². The average molecular weight is 268 g/mol. The van der Waals surface area contributed by atoms with Gasteiger partial charge in [-0.25, -0.2) is 4.98 Å². The van der Waals surface area contributed by atoms with Gasteiger partial charge in [-0.3, -0.25) is 4.79 Å². The summed E-state index contributed by atoms with van der Waals surface area (Å²) in [5, 5.41) is 3.33. The molecule has 1 saturated carbocycles. The van der Waals surface area contributed by atoms with E-state index in [2.05, 4.69) is 10.3 Å². The summed E-state index contributed by atoms with van der Waals surface area (Å²) in [6.07, 6.45) is 5.56. The molecule has 2 unspecified atom stereocenters. The lowest BCUT2D eigenvalue weighted by Crippen LogP contribution is -2.40. The van der Waals surface area contributed by atoms with Crippen LogP contribution in [0, 0.1) is 12.8 Å². The Morgan fingerprint density at radius 3 is 2.89 bits per heavy atom. The van der Waals surface area contributed by atoms with Crippen LogP contribution in [0.3, 0.4) is 0 Å². The van der Waals surface area contributed by atoms with E-state index in [1.54, 1.807) is 6.20 Å². The molecule has 1 fully saturated rings. The summed E-state index contributed by atoms with van der Waals surface area (Å²) in [6, 6.07) is 1.79. The minimum atomic E-state index is -0.0882. The summed E-state index contributed by atoms with van der Waals surface area (Å²) >= 11 is 5.85. The van der Waals surface area contributed by atoms with Crippen LogP contribution < -0.4 is 11.1 Å². The van der Waals surface area contributed by atoms with Gasteiger partial charge in [0.15, 0.2) is 0 Å². The van der Waals surface area contributed by atoms with Crippen molar-refractivity contribution in [1.82, 2.24) is 4.98 Å². The number of hydrogen-bond acceptors (Lipinski definition) is 3. The minimum Gasteiger partial charge on any atom is -0.327 e. The van der Waals surface area contributed by atoms with Crippen LogP contribution in [0.4, 0.5) is 5.69 Å². The summed E-state index contributed by atoms with van der Waals surface area (Å²) in [7, 11) is 0. The molecular weight excluding hydrogens is 250 g/mol. The van der Waals surface area contributed by atoms with Crippen LogP contribution in [0.2, 0.25) is 5.15 Å². The zero-order valence-electron chi connectivity index (χ0n) is 10.4. The Morgan fingerprint density at radius 2 is 2.22 bits per heavy atom. The van der Waals surface area contributed by atoms with Gasteiger partial charge in [-0.15, -0.1) is 0 Å². The molecule has 2 atom stereocenters. The fraction of sp³-hybridized carbons (Fsp3) is 0.538.